The van der Waals surface area contributed by atoms with Crippen LogP contribution in [0.2, 0.25) is 0 Å². The predicted molar refractivity (Wildman–Crippen MR) is 110 cm³/mol. The van der Waals surface area contributed by atoms with Gasteiger partial charge in [0.1, 0.15) is 24.2 Å². The van der Waals surface area contributed by atoms with E-state index in [9.17, 15) is 15.0 Å². The van der Waals surface area contributed by atoms with E-state index in [1.807, 2.05) is 49.4 Å². The first-order chi connectivity index (χ1) is 13.9. The van der Waals surface area contributed by atoms with Crippen molar-refractivity contribution in [1.82, 2.24) is 0 Å². The van der Waals surface area contributed by atoms with Crippen LogP contribution in [0.4, 0.5) is 0 Å². The molecular formula is C24H24O5. The van der Waals surface area contributed by atoms with Gasteiger partial charge in [-0.2, -0.15) is 0 Å². The quantitative estimate of drug-likeness (QED) is 0.589. The van der Waals surface area contributed by atoms with Gasteiger partial charge in [0.25, 0.3) is 0 Å². The van der Waals surface area contributed by atoms with Crippen molar-refractivity contribution in [3.63, 3.8) is 0 Å². The van der Waals surface area contributed by atoms with Crippen LogP contribution in [0.3, 0.4) is 0 Å². The number of aliphatic carboxylic acids is 1. The lowest BCUT2D eigenvalue weighted by Crippen LogP contribution is -2.47. The topological polar surface area (TPSA) is 76.0 Å². The number of aliphatic hydroxyl groups excluding tert-OH is 1. The summed E-state index contributed by atoms with van der Waals surface area (Å²) in [5, 5.41) is 20.5. The molecule has 0 saturated heterocycles. The number of carboxylic acid groups (broad SMARTS) is 1. The molecule has 0 heterocycles. The highest BCUT2D eigenvalue weighted by Gasteiger charge is 2.44. The summed E-state index contributed by atoms with van der Waals surface area (Å²) in [5.74, 6) is -0.251. The van der Waals surface area contributed by atoms with Gasteiger partial charge >= 0.3 is 5.97 Å². The fourth-order valence-electron chi connectivity index (χ4n) is 2.87. The number of aryl methyl sites for hydroxylation is 1. The fraction of sp³-hybridized carbons (Fsp3) is 0.208. The van der Waals surface area contributed by atoms with Crippen molar-refractivity contribution in [2.75, 3.05) is 0 Å². The summed E-state index contributed by atoms with van der Waals surface area (Å²) >= 11 is 0. The molecule has 2 unspecified atom stereocenters. The van der Waals surface area contributed by atoms with Crippen molar-refractivity contribution < 1.29 is 24.5 Å². The third-order valence-electron chi connectivity index (χ3n) is 4.74. The van der Waals surface area contributed by atoms with Gasteiger partial charge in [-0.3, -0.25) is 0 Å². The zero-order valence-electron chi connectivity index (χ0n) is 16.4. The van der Waals surface area contributed by atoms with E-state index in [4.69, 9.17) is 9.47 Å². The highest BCUT2D eigenvalue weighted by Crippen LogP contribution is 2.32. The van der Waals surface area contributed by atoms with Gasteiger partial charge in [-0.05, 0) is 49.2 Å². The Morgan fingerprint density at radius 1 is 0.931 bits per heavy atom. The van der Waals surface area contributed by atoms with E-state index in [-0.39, 0.29) is 0 Å². The zero-order valence-corrected chi connectivity index (χ0v) is 16.4. The summed E-state index contributed by atoms with van der Waals surface area (Å²) in [6, 6.07) is 23.5. The van der Waals surface area contributed by atoms with Gasteiger partial charge in [-0.15, -0.1) is 0 Å². The van der Waals surface area contributed by atoms with Crippen LogP contribution in [0, 0.1) is 6.92 Å². The monoisotopic (exact) mass is 392 g/mol. The minimum atomic E-state index is -1.85. The standard InChI is InChI=1S/C24H24O5/c1-17-8-12-21(13-9-17)29-24(2,23(26)27)22(25)19-10-14-20(15-11-19)28-16-18-6-4-3-5-7-18/h3-15,22,25H,16H2,1-2H3,(H,26,27). The van der Waals surface area contributed by atoms with Crippen LogP contribution >= 0.6 is 0 Å². The maximum absolute atomic E-state index is 11.9. The molecule has 2 atom stereocenters. The van der Waals surface area contributed by atoms with E-state index in [2.05, 4.69) is 0 Å². The number of hydrogen-bond acceptors (Lipinski definition) is 4. The lowest BCUT2D eigenvalue weighted by Gasteiger charge is -2.31. The molecule has 0 aliphatic heterocycles. The van der Waals surface area contributed by atoms with Crippen molar-refractivity contribution in [2.24, 2.45) is 0 Å². The molecule has 0 aliphatic carbocycles. The predicted octanol–water partition coefficient (Wildman–Crippen LogP) is 4.53. The summed E-state index contributed by atoms with van der Waals surface area (Å²) in [6.45, 7) is 3.71. The van der Waals surface area contributed by atoms with E-state index >= 15 is 0 Å². The van der Waals surface area contributed by atoms with E-state index in [0.29, 0.717) is 23.7 Å². The van der Waals surface area contributed by atoms with Crippen LogP contribution in [-0.4, -0.2) is 21.8 Å². The van der Waals surface area contributed by atoms with Gasteiger partial charge in [0, 0.05) is 0 Å². The maximum Gasteiger partial charge on any atom is 0.350 e. The number of ether oxygens (including phenoxy) is 2. The summed E-state index contributed by atoms with van der Waals surface area (Å²) < 4.78 is 11.4. The van der Waals surface area contributed by atoms with Crippen LogP contribution < -0.4 is 9.47 Å². The second-order valence-corrected chi connectivity index (χ2v) is 7.07. The van der Waals surface area contributed by atoms with Gasteiger partial charge in [0.2, 0.25) is 5.60 Å². The average Bonchev–Trinajstić information content (AvgIpc) is 2.74. The third kappa shape index (κ3) is 4.95. The first kappa shape index (κ1) is 20.4. The Balaban J connectivity index is 1.73. The second-order valence-electron chi connectivity index (χ2n) is 7.07. The Bertz CT molecular complexity index is 935. The molecule has 0 saturated carbocycles. The largest absolute Gasteiger partial charge is 0.489 e. The van der Waals surface area contributed by atoms with Crippen LogP contribution in [-0.2, 0) is 11.4 Å². The summed E-state index contributed by atoms with van der Waals surface area (Å²) in [4.78, 5) is 11.9. The molecule has 0 bridgehead atoms. The Kier molecular flexibility index (Phi) is 6.20. The lowest BCUT2D eigenvalue weighted by atomic mass is 9.92. The van der Waals surface area contributed by atoms with Crippen molar-refractivity contribution >= 4 is 5.97 Å². The molecule has 150 valence electrons. The van der Waals surface area contributed by atoms with Gasteiger partial charge in [0.15, 0.2) is 0 Å². The molecule has 0 radical (unpaired) electrons. The Morgan fingerprint density at radius 2 is 1.52 bits per heavy atom. The van der Waals surface area contributed by atoms with Crippen LogP contribution in [0.1, 0.15) is 29.7 Å². The maximum atomic E-state index is 11.9. The van der Waals surface area contributed by atoms with Gasteiger partial charge < -0.3 is 19.7 Å². The van der Waals surface area contributed by atoms with Crippen molar-refractivity contribution in [3.8, 4) is 11.5 Å². The van der Waals surface area contributed by atoms with Gasteiger partial charge in [-0.25, -0.2) is 4.79 Å². The molecule has 0 aliphatic rings. The van der Waals surface area contributed by atoms with Crippen molar-refractivity contribution in [2.45, 2.75) is 32.2 Å². The highest BCUT2D eigenvalue weighted by molar-refractivity contribution is 5.78. The van der Waals surface area contributed by atoms with Crippen molar-refractivity contribution in [3.05, 3.63) is 95.6 Å². The van der Waals surface area contributed by atoms with Gasteiger partial charge in [-0.1, -0.05) is 60.2 Å². The summed E-state index contributed by atoms with van der Waals surface area (Å²) in [5.41, 5.74) is 0.651. The highest BCUT2D eigenvalue weighted by atomic mass is 16.5. The van der Waals surface area contributed by atoms with E-state index in [1.54, 1.807) is 36.4 Å². The van der Waals surface area contributed by atoms with Crippen molar-refractivity contribution in [1.29, 1.82) is 0 Å². The molecule has 3 aromatic carbocycles. The number of aliphatic hydroxyl groups is 1. The second kappa shape index (κ2) is 8.80. The number of carboxylic acids is 1. The van der Waals surface area contributed by atoms with Gasteiger partial charge in [0.05, 0.1) is 0 Å². The molecule has 0 fully saturated rings. The van der Waals surface area contributed by atoms with Crippen LogP contribution in [0.15, 0.2) is 78.9 Å². The molecule has 3 aromatic rings. The van der Waals surface area contributed by atoms with Crippen LogP contribution in [0.25, 0.3) is 0 Å². The van der Waals surface area contributed by atoms with E-state index < -0.39 is 17.7 Å². The first-order valence-electron chi connectivity index (χ1n) is 9.32. The molecule has 0 aromatic heterocycles. The smallest absolute Gasteiger partial charge is 0.350 e. The molecule has 0 amide bonds. The average molecular weight is 392 g/mol. The molecule has 3 rings (SSSR count). The normalized spacial score (nSPS) is 13.9. The minimum Gasteiger partial charge on any atom is -0.489 e. The van der Waals surface area contributed by atoms with E-state index in [0.717, 1.165) is 11.1 Å². The molecule has 0 spiro atoms. The molecule has 5 nitrogen and oxygen atoms in total. The molecular weight excluding hydrogens is 368 g/mol. The van der Waals surface area contributed by atoms with Crippen LogP contribution in [0.5, 0.6) is 11.5 Å². The lowest BCUT2D eigenvalue weighted by molar-refractivity contribution is -0.164. The minimum absolute atomic E-state index is 0.377. The molecule has 2 N–H and O–H groups in total. The summed E-state index contributed by atoms with van der Waals surface area (Å²) in [7, 11) is 0. The molecule has 5 heteroatoms. The number of rotatable bonds is 8. The third-order valence-corrected chi connectivity index (χ3v) is 4.74. The van der Waals surface area contributed by atoms with E-state index in [1.165, 1.54) is 6.92 Å². The molecule has 29 heavy (non-hydrogen) atoms. The Labute approximate surface area is 170 Å². The Morgan fingerprint density at radius 3 is 2.10 bits per heavy atom. The summed E-state index contributed by atoms with van der Waals surface area (Å²) in [6.07, 6.45) is -1.37. The fourth-order valence-corrected chi connectivity index (χ4v) is 2.87. The Hall–Kier alpha value is -3.31. The number of hydrogen-bond donors (Lipinski definition) is 2. The number of carbonyl (C=O) groups is 1. The first-order valence-corrected chi connectivity index (χ1v) is 9.32. The number of benzene rings is 3. The SMILES string of the molecule is Cc1ccc(OC(C)(C(=O)O)C(O)c2ccc(OCc3ccccc3)cc2)cc1. The zero-order chi connectivity index (χ0) is 20.9.